The van der Waals surface area contributed by atoms with Gasteiger partial charge in [0.1, 0.15) is 13.2 Å². The van der Waals surface area contributed by atoms with Crippen LogP contribution in [0.3, 0.4) is 0 Å². The fourth-order valence-corrected chi connectivity index (χ4v) is 8.68. The predicted octanol–water partition coefficient (Wildman–Crippen LogP) is 18.6. The number of allylic oxidation sites excluding steroid dienone is 12. The Morgan fingerprint density at radius 1 is 0.413 bits per heavy atom. The number of ether oxygens (including phenoxy) is 4. The third-order valence-electron chi connectivity index (χ3n) is 13.4. The zero-order valence-electron chi connectivity index (χ0n) is 49.4. The summed E-state index contributed by atoms with van der Waals surface area (Å²) in [6.07, 6.45) is 71.2. The number of esters is 2. The van der Waals surface area contributed by atoms with Crippen molar-refractivity contribution >= 4 is 17.9 Å². The van der Waals surface area contributed by atoms with Crippen molar-refractivity contribution < 1.29 is 42.9 Å². The first kappa shape index (κ1) is 71.7. The lowest BCUT2D eigenvalue weighted by Crippen LogP contribution is -2.40. The van der Waals surface area contributed by atoms with E-state index in [0.717, 1.165) is 70.6 Å². The van der Waals surface area contributed by atoms with Crippen LogP contribution in [0.25, 0.3) is 0 Å². The molecule has 0 rings (SSSR count). The maximum Gasteiger partial charge on any atom is 0.361 e. The number of carboxylic acids is 1. The van der Waals surface area contributed by atoms with Gasteiger partial charge in [-0.1, -0.05) is 247 Å². The Morgan fingerprint density at radius 2 is 0.760 bits per heavy atom. The molecule has 0 radical (unpaired) electrons. The van der Waals surface area contributed by atoms with Gasteiger partial charge in [-0.15, -0.1) is 0 Å². The zero-order valence-corrected chi connectivity index (χ0v) is 49.4. The molecular formula is C66H118NO8+. The third-order valence-corrected chi connectivity index (χ3v) is 13.4. The summed E-state index contributed by atoms with van der Waals surface area (Å²) in [5.74, 6) is -2.00. The Balaban J connectivity index is 4.19. The summed E-state index contributed by atoms with van der Waals surface area (Å²) in [4.78, 5) is 37.5. The second-order valence-corrected chi connectivity index (χ2v) is 22.0. The zero-order chi connectivity index (χ0) is 54.8. The number of carbonyl (C=O) groups is 3. The van der Waals surface area contributed by atoms with E-state index in [-0.39, 0.29) is 32.2 Å². The van der Waals surface area contributed by atoms with Crippen LogP contribution in [0.1, 0.15) is 271 Å². The lowest BCUT2D eigenvalue weighted by molar-refractivity contribution is -0.870. The number of nitrogens with zero attached hydrogens (tertiary/aromatic N) is 1. The molecule has 0 aliphatic heterocycles. The molecule has 0 saturated carbocycles. The van der Waals surface area contributed by atoms with E-state index in [9.17, 15) is 19.5 Å². The predicted molar refractivity (Wildman–Crippen MR) is 318 cm³/mol. The Bertz CT molecular complexity index is 1460. The first-order valence-corrected chi connectivity index (χ1v) is 31.1. The molecule has 0 bridgehead atoms. The van der Waals surface area contributed by atoms with Gasteiger partial charge in [-0.25, -0.2) is 4.79 Å². The molecule has 0 aromatic rings. The molecule has 9 nitrogen and oxygen atoms in total. The maximum atomic E-state index is 12.9. The number of carbonyl (C=O) groups excluding carboxylic acids is 2. The molecule has 434 valence electrons. The van der Waals surface area contributed by atoms with Gasteiger partial charge in [-0.05, 0) is 83.5 Å². The molecule has 0 amide bonds. The quantitative estimate of drug-likeness (QED) is 0.0211. The summed E-state index contributed by atoms with van der Waals surface area (Å²) in [5.41, 5.74) is 0. The Labute approximate surface area is 462 Å². The number of carboxylic acid groups (broad SMARTS) is 1. The van der Waals surface area contributed by atoms with Gasteiger partial charge in [0, 0.05) is 12.8 Å². The molecule has 0 saturated heterocycles. The summed E-state index contributed by atoms with van der Waals surface area (Å²) >= 11 is 0. The number of likely N-dealkylation sites (N-methyl/N-ethyl adjacent to an activating group) is 1. The van der Waals surface area contributed by atoms with Gasteiger partial charge in [0.15, 0.2) is 6.10 Å². The fourth-order valence-electron chi connectivity index (χ4n) is 8.68. The highest BCUT2D eigenvalue weighted by Crippen LogP contribution is 2.17. The lowest BCUT2D eigenvalue weighted by atomic mass is 10.0. The number of aliphatic carboxylic acids is 1. The van der Waals surface area contributed by atoms with Crippen LogP contribution < -0.4 is 0 Å². The molecular weight excluding hydrogens is 935 g/mol. The molecule has 1 N–H and O–H groups in total. The molecule has 2 unspecified atom stereocenters. The highest BCUT2D eigenvalue weighted by atomic mass is 16.7. The van der Waals surface area contributed by atoms with Crippen LogP contribution in [0.5, 0.6) is 0 Å². The second kappa shape index (κ2) is 56.9. The normalized spacial score (nSPS) is 13.2. The fraction of sp³-hybridized carbons (Fsp3) is 0.773. The number of hydrogen-bond donors (Lipinski definition) is 1. The molecule has 0 fully saturated rings. The van der Waals surface area contributed by atoms with Crippen molar-refractivity contribution in [3.63, 3.8) is 0 Å². The third kappa shape index (κ3) is 58.3. The summed E-state index contributed by atoms with van der Waals surface area (Å²) in [6.45, 7) is 4.78. The van der Waals surface area contributed by atoms with E-state index >= 15 is 0 Å². The Morgan fingerprint density at radius 3 is 1.13 bits per heavy atom. The highest BCUT2D eigenvalue weighted by molar-refractivity contribution is 5.71. The molecule has 9 heteroatoms. The van der Waals surface area contributed by atoms with Crippen LogP contribution >= 0.6 is 0 Å². The van der Waals surface area contributed by atoms with Crippen molar-refractivity contribution in [2.45, 2.75) is 283 Å². The van der Waals surface area contributed by atoms with Crippen molar-refractivity contribution in [2.24, 2.45) is 0 Å². The van der Waals surface area contributed by atoms with Gasteiger partial charge in [-0.2, -0.15) is 0 Å². The largest absolute Gasteiger partial charge is 0.477 e. The van der Waals surface area contributed by atoms with Crippen molar-refractivity contribution in [3.8, 4) is 0 Å². The summed E-state index contributed by atoms with van der Waals surface area (Å²) < 4.78 is 22.9. The number of quaternary nitrogens is 1. The average Bonchev–Trinajstić information content (AvgIpc) is 3.38. The van der Waals surface area contributed by atoms with E-state index in [0.29, 0.717) is 17.4 Å². The molecule has 0 spiro atoms. The van der Waals surface area contributed by atoms with Gasteiger partial charge in [0.05, 0.1) is 34.4 Å². The summed E-state index contributed by atoms with van der Waals surface area (Å²) in [7, 11) is 5.97. The second-order valence-electron chi connectivity index (χ2n) is 22.0. The van der Waals surface area contributed by atoms with Crippen molar-refractivity contribution in [1.29, 1.82) is 0 Å². The van der Waals surface area contributed by atoms with Gasteiger partial charge < -0.3 is 28.5 Å². The topological polar surface area (TPSA) is 108 Å². The van der Waals surface area contributed by atoms with Crippen molar-refractivity contribution in [3.05, 3.63) is 72.9 Å². The molecule has 0 aromatic heterocycles. The van der Waals surface area contributed by atoms with Gasteiger partial charge in [-0.3, -0.25) is 9.59 Å². The molecule has 0 aliphatic carbocycles. The molecule has 0 aliphatic rings. The van der Waals surface area contributed by atoms with E-state index < -0.39 is 24.3 Å². The van der Waals surface area contributed by atoms with Gasteiger partial charge in [0.2, 0.25) is 0 Å². The van der Waals surface area contributed by atoms with Crippen molar-refractivity contribution in [1.82, 2.24) is 0 Å². The Kier molecular flexibility index (Phi) is 54.4. The Hall–Kier alpha value is -3.27. The molecule has 0 heterocycles. The average molecular weight is 1050 g/mol. The van der Waals surface area contributed by atoms with Crippen LogP contribution in [0.4, 0.5) is 0 Å². The number of hydrogen-bond acceptors (Lipinski definition) is 7. The van der Waals surface area contributed by atoms with E-state index in [1.54, 1.807) is 0 Å². The molecule has 0 aromatic carbocycles. The SMILES string of the molecule is CC/C=C\C/C=C\C/C=C\C/C=C\CCCCCCCCCCCCCCCCC(=O)OC(COC(=O)CCCCCCCCCCCCC/C=C\C/C=C\CCCCCCC)COC(OCC[N+](C)(C)C)C(=O)O. The lowest BCUT2D eigenvalue weighted by Gasteiger charge is -2.25. The summed E-state index contributed by atoms with van der Waals surface area (Å²) in [5, 5.41) is 9.72. The first-order chi connectivity index (χ1) is 36.6. The van der Waals surface area contributed by atoms with Crippen LogP contribution in [-0.4, -0.2) is 87.4 Å². The van der Waals surface area contributed by atoms with Gasteiger partial charge >= 0.3 is 17.9 Å². The monoisotopic (exact) mass is 1050 g/mol. The number of unbranched alkanes of at least 4 members (excludes halogenated alkanes) is 30. The minimum absolute atomic E-state index is 0.184. The maximum absolute atomic E-state index is 12.9. The van der Waals surface area contributed by atoms with E-state index in [1.165, 1.54) is 173 Å². The smallest absolute Gasteiger partial charge is 0.361 e. The van der Waals surface area contributed by atoms with E-state index in [2.05, 4.69) is 86.8 Å². The van der Waals surface area contributed by atoms with Gasteiger partial charge in [0.25, 0.3) is 6.29 Å². The molecule has 2 atom stereocenters. The van der Waals surface area contributed by atoms with Crippen LogP contribution in [0.2, 0.25) is 0 Å². The molecule has 75 heavy (non-hydrogen) atoms. The van der Waals surface area contributed by atoms with Crippen LogP contribution in [0.15, 0.2) is 72.9 Å². The standard InChI is InChI=1S/C66H117NO8/c1-6-8-10-12-14-16-18-20-22-24-26-28-30-31-32-33-35-37-39-41-43-45-47-49-51-53-55-57-64(69)75-62(61-74-66(65(70)71)72-59-58-67(3,4)5)60-73-63(68)56-54-52-50-48-46-44-42-40-38-36-34-29-27-25-23-21-19-17-15-13-11-9-7-2/h8,10,14,16,19-22,25-28,62,66H,6-7,9,11-13,15,17-18,23-24,29-61H2,1-5H3/p+1/b10-8-,16-14-,21-19-,22-20-,27-25-,28-26-. The minimum atomic E-state index is -1.51. The summed E-state index contributed by atoms with van der Waals surface area (Å²) in [6, 6.07) is 0. The van der Waals surface area contributed by atoms with Crippen LogP contribution in [0, 0.1) is 0 Å². The van der Waals surface area contributed by atoms with Crippen LogP contribution in [-0.2, 0) is 33.3 Å². The highest BCUT2D eigenvalue weighted by Gasteiger charge is 2.25. The van der Waals surface area contributed by atoms with Crippen molar-refractivity contribution in [2.75, 3.05) is 47.5 Å². The first-order valence-electron chi connectivity index (χ1n) is 31.1. The minimum Gasteiger partial charge on any atom is -0.477 e. The van der Waals surface area contributed by atoms with E-state index in [4.69, 9.17) is 18.9 Å². The van der Waals surface area contributed by atoms with E-state index in [1.807, 2.05) is 21.1 Å². The number of rotatable bonds is 57.